The van der Waals surface area contributed by atoms with Crippen molar-refractivity contribution in [2.75, 3.05) is 13.2 Å². The lowest BCUT2D eigenvalue weighted by atomic mass is 10.1. The molecule has 3 rings (SSSR count). The average Bonchev–Trinajstić information content (AvgIpc) is 3.06. The van der Waals surface area contributed by atoms with Crippen LogP contribution in [0.3, 0.4) is 0 Å². The maximum atomic E-state index is 12.9. The predicted molar refractivity (Wildman–Crippen MR) is 98.3 cm³/mol. The Bertz CT molecular complexity index is 927. The van der Waals surface area contributed by atoms with Gasteiger partial charge in [-0.2, -0.15) is 8.78 Å². The van der Waals surface area contributed by atoms with Crippen LogP contribution >= 0.6 is 0 Å². The number of alkyl halides is 4. The summed E-state index contributed by atoms with van der Waals surface area (Å²) in [5, 5.41) is 13.8. The Kier molecular flexibility index (Phi) is 6.08. The number of aromatic hydroxyl groups is 1. The van der Waals surface area contributed by atoms with Gasteiger partial charge in [0.05, 0.1) is 0 Å². The van der Waals surface area contributed by atoms with Crippen LogP contribution in [0.5, 0.6) is 11.5 Å². The number of aromatic nitrogens is 1. The summed E-state index contributed by atoms with van der Waals surface area (Å²) in [6.07, 6.45) is -1.15. The van der Waals surface area contributed by atoms with Gasteiger partial charge < -0.3 is 20.1 Å². The molecule has 0 saturated carbocycles. The fourth-order valence-corrected chi connectivity index (χ4v) is 2.82. The lowest BCUT2D eigenvalue weighted by Gasteiger charge is -2.16. The number of H-pyrrole nitrogens is 1. The van der Waals surface area contributed by atoms with E-state index in [1.807, 2.05) is 12.3 Å². The molecular weight excluding hydrogens is 376 g/mol. The summed E-state index contributed by atoms with van der Waals surface area (Å²) >= 11 is 0. The Balaban J connectivity index is 1.50. The Morgan fingerprint density at radius 1 is 1.14 bits per heavy atom. The Morgan fingerprint density at radius 3 is 2.75 bits per heavy atom. The van der Waals surface area contributed by atoms with Crippen molar-refractivity contribution in [1.29, 1.82) is 0 Å². The molecule has 0 amide bonds. The molecule has 3 aromatic rings. The highest BCUT2D eigenvalue weighted by Gasteiger charge is 2.41. The van der Waals surface area contributed by atoms with Gasteiger partial charge in [-0.3, -0.25) is 0 Å². The summed E-state index contributed by atoms with van der Waals surface area (Å²) in [4.78, 5) is 3.15. The minimum absolute atomic E-state index is 0.117. The standard InChI is InChI=1S/C20H20F4N2O2/c21-19(22)20(23,24)12-28-16-3-1-2-13(8-16)10-25-7-6-14-11-26-18-5-4-15(27)9-17(14)18/h1-5,8-9,11,19,25-27H,6-7,10,12H2. The van der Waals surface area contributed by atoms with Crippen molar-refractivity contribution in [1.82, 2.24) is 10.3 Å². The third kappa shape index (κ3) is 4.95. The highest BCUT2D eigenvalue weighted by molar-refractivity contribution is 5.84. The quantitative estimate of drug-likeness (QED) is 0.369. The molecular formula is C20H20F4N2O2. The lowest BCUT2D eigenvalue weighted by Crippen LogP contribution is -2.33. The molecule has 0 saturated heterocycles. The van der Waals surface area contributed by atoms with Crippen LogP contribution < -0.4 is 10.1 Å². The van der Waals surface area contributed by atoms with Gasteiger partial charge in [0.25, 0.3) is 0 Å². The lowest BCUT2D eigenvalue weighted by molar-refractivity contribution is -0.148. The van der Waals surface area contributed by atoms with Crippen LogP contribution in [-0.2, 0) is 13.0 Å². The zero-order valence-electron chi connectivity index (χ0n) is 14.9. The second-order valence-electron chi connectivity index (χ2n) is 6.47. The summed E-state index contributed by atoms with van der Waals surface area (Å²) in [7, 11) is 0. The first kappa shape index (κ1) is 20.0. The topological polar surface area (TPSA) is 57.3 Å². The van der Waals surface area contributed by atoms with Gasteiger partial charge in [0, 0.05) is 23.6 Å². The van der Waals surface area contributed by atoms with Crippen LogP contribution in [0.25, 0.3) is 10.9 Å². The molecule has 0 aliphatic carbocycles. The Hall–Kier alpha value is -2.74. The number of phenols is 1. The molecule has 8 heteroatoms. The monoisotopic (exact) mass is 396 g/mol. The van der Waals surface area contributed by atoms with Gasteiger partial charge in [0.1, 0.15) is 11.5 Å². The van der Waals surface area contributed by atoms with E-state index in [9.17, 15) is 22.7 Å². The fourth-order valence-electron chi connectivity index (χ4n) is 2.82. The van der Waals surface area contributed by atoms with E-state index in [4.69, 9.17) is 4.74 Å². The summed E-state index contributed by atoms with van der Waals surface area (Å²) in [6.45, 7) is -0.248. The number of fused-ring (bicyclic) bond motifs is 1. The van der Waals surface area contributed by atoms with Crippen LogP contribution in [0.15, 0.2) is 48.7 Å². The molecule has 0 spiro atoms. The molecule has 0 atom stereocenters. The highest BCUT2D eigenvalue weighted by atomic mass is 19.3. The molecule has 1 heterocycles. The molecule has 28 heavy (non-hydrogen) atoms. The molecule has 3 N–H and O–H groups in total. The third-order valence-corrected chi connectivity index (χ3v) is 4.30. The number of benzene rings is 2. The zero-order valence-corrected chi connectivity index (χ0v) is 14.9. The smallest absolute Gasteiger partial charge is 0.340 e. The zero-order chi connectivity index (χ0) is 20.1. The van der Waals surface area contributed by atoms with Crippen LogP contribution in [0.4, 0.5) is 17.6 Å². The van der Waals surface area contributed by atoms with E-state index in [0.717, 1.165) is 28.5 Å². The van der Waals surface area contributed by atoms with Gasteiger partial charge in [0.2, 0.25) is 0 Å². The summed E-state index contributed by atoms with van der Waals surface area (Å²) in [6, 6.07) is 11.5. The average molecular weight is 396 g/mol. The molecule has 0 fully saturated rings. The van der Waals surface area contributed by atoms with E-state index in [1.165, 1.54) is 12.1 Å². The number of ether oxygens (including phenoxy) is 1. The number of nitrogens with one attached hydrogen (secondary N) is 2. The van der Waals surface area contributed by atoms with Gasteiger partial charge in [0.15, 0.2) is 6.61 Å². The summed E-state index contributed by atoms with van der Waals surface area (Å²) < 4.78 is 55.1. The van der Waals surface area contributed by atoms with E-state index in [1.54, 1.807) is 24.3 Å². The van der Waals surface area contributed by atoms with E-state index in [0.29, 0.717) is 13.1 Å². The fraction of sp³-hybridized carbons (Fsp3) is 0.300. The maximum absolute atomic E-state index is 12.9. The normalized spacial score (nSPS) is 12.0. The van der Waals surface area contributed by atoms with Gasteiger partial charge in [-0.15, -0.1) is 0 Å². The second kappa shape index (κ2) is 8.52. The van der Waals surface area contributed by atoms with Crippen molar-refractivity contribution in [3.05, 3.63) is 59.8 Å². The highest BCUT2D eigenvalue weighted by Crippen LogP contribution is 2.25. The minimum atomic E-state index is -4.18. The molecule has 0 radical (unpaired) electrons. The molecule has 150 valence electrons. The van der Waals surface area contributed by atoms with Crippen molar-refractivity contribution in [2.45, 2.75) is 25.3 Å². The Labute approximate surface area is 159 Å². The van der Waals surface area contributed by atoms with Crippen LogP contribution in [0.2, 0.25) is 0 Å². The molecule has 1 aromatic heterocycles. The van der Waals surface area contributed by atoms with E-state index >= 15 is 0 Å². The van der Waals surface area contributed by atoms with E-state index in [2.05, 4.69) is 10.3 Å². The molecule has 0 aliphatic rings. The van der Waals surface area contributed by atoms with Crippen molar-refractivity contribution < 1.29 is 27.4 Å². The second-order valence-corrected chi connectivity index (χ2v) is 6.47. The van der Waals surface area contributed by atoms with Crippen molar-refractivity contribution in [3.8, 4) is 11.5 Å². The molecule has 2 aromatic carbocycles. The third-order valence-electron chi connectivity index (χ3n) is 4.30. The molecule has 0 bridgehead atoms. The van der Waals surface area contributed by atoms with Crippen molar-refractivity contribution in [2.24, 2.45) is 0 Å². The van der Waals surface area contributed by atoms with Crippen molar-refractivity contribution in [3.63, 3.8) is 0 Å². The number of rotatable bonds is 9. The molecule has 0 unspecified atom stereocenters. The number of hydrogen-bond donors (Lipinski definition) is 3. The van der Waals surface area contributed by atoms with Gasteiger partial charge in [-0.1, -0.05) is 12.1 Å². The van der Waals surface area contributed by atoms with Gasteiger partial charge >= 0.3 is 12.3 Å². The predicted octanol–water partition coefficient (Wildman–Crippen LogP) is 4.49. The number of aromatic amines is 1. The number of hydrogen-bond acceptors (Lipinski definition) is 3. The van der Waals surface area contributed by atoms with E-state index in [-0.39, 0.29) is 11.5 Å². The number of halogens is 4. The molecule has 4 nitrogen and oxygen atoms in total. The first-order valence-corrected chi connectivity index (χ1v) is 8.72. The molecule has 0 aliphatic heterocycles. The van der Waals surface area contributed by atoms with Gasteiger partial charge in [-0.25, -0.2) is 8.78 Å². The first-order valence-electron chi connectivity index (χ1n) is 8.72. The van der Waals surface area contributed by atoms with E-state index < -0.39 is 19.0 Å². The maximum Gasteiger partial charge on any atom is 0.340 e. The van der Waals surface area contributed by atoms with Gasteiger partial charge in [-0.05, 0) is 54.4 Å². The summed E-state index contributed by atoms with van der Waals surface area (Å²) in [5.41, 5.74) is 2.79. The van der Waals surface area contributed by atoms with Crippen LogP contribution in [0.1, 0.15) is 11.1 Å². The first-order chi connectivity index (χ1) is 13.3. The Morgan fingerprint density at radius 2 is 1.96 bits per heavy atom. The van der Waals surface area contributed by atoms with Crippen molar-refractivity contribution >= 4 is 10.9 Å². The van der Waals surface area contributed by atoms with Crippen LogP contribution in [-0.4, -0.2) is 35.6 Å². The van der Waals surface area contributed by atoms with Crippen LogP contribution in [0, 0.1) is 0 Å². The largest absolute Gasteiger partial charge is 0.508 e. The number of phenolic OH excluding ortho intramolecular Hbond substituents is 1. The summed E-state index contributed by atoms with van der Waals surface area (Å²) in [5.74, 6) is -3.86. The SMILES string of the molecule is Oc1ccc2[nH]cc(CCNCc3cccc(OCC(F)(F)C(F)F)c3)c2c1. The minimum Gasteiger partial charge on any atom is -0.508 e.